The molecule has 4 heterocycles. The number of fused-ring (bicyclic) bond motifs is 1. The molecule has 3 aliphatic heterocycles. The van der Waals surface area contributed by atoms with Crippen LogP contribution in [-0.2, 0) is 11.3 Å². The topological polar surface area (TPSA) is 133 Å². The van der Waals surface area contributed by atoms with Crippen LogP contribution in [0.2, 0.25) is 0 Å². The molecule has 1 atom stereocenters. The van der Waals surface area contributed by atoms with Crippen LogP contribution < -0.4 is 20.1 Å². The van der Waals surface area contributed by atoms with Gasteiger partial charge in [-0.2, -0.15) is 0 Å². The van der Waals surface area contributed by atoms with E-state index in [1.54, 1.807) is 35.2 Å². The van der Waals surface area contributed by atoms with E-state index in [4.69, 9.17) is 9.47 Å². The van der Waals surface area contributed by atoms with Crippen LogP contribution in [0.4, 0.5) is 4.79 Å². The van der Waals surface area contributed by atoms with Crippen molar-refractivity contribution >= 4 is 23.8 Å². The van der Waals surface area contributed by atoms with Crippen LogP contribution in [0.5, 0.6) is 11.5 Å². The summed E-state index contributed by atoms with van der Waals surface area (Å²) in [5.41, 5.74) is -0.180. The number of urea groups is 1. The van der Waals surface area contributed by atoms with E-state index in [-0.39, 0.29) is 36.3 Å². The number of hydrogen-bond acceptors (Lipinski definition) is 8. The van der Waals surface area contributed by atoms with Crippen LogP contribution in [0.15, 0.2) is 30.3 Å². The van der Waals surface area contributed by atoms with Crippen LogP contribution in [0.3, 0.4) is 0 Å². The molecule has 2 N–H and O–H groups in total. The van der Waals surface area contributed by atoms with Crippen molar-refractivity contribution in [3.05, 3.63) is 52.8 Å². The van der Waals surface area contributed by atoms with Gasteiger partial charge in [0.2, 0.25) is 5.54 Å². The quantitative estimate of drug-likeness (QED) is 0.409. The molecule has 1 unspecified atom stereocenters. The molecule has 0 bridgehead atoms. The normalized spacial score (nSPS) is 20.6. The Morgan fingerprint density at radius 2 is 1.85 bits per heavy atom. The number of imide groups is 1. The molecule has 5 rings (SSSR count). The van der Waals surface area contributed by atoms with Gasteiger partial charge in [0.15, 0.2) is 11.4 Å². The zero-order valence-corrected chi connectivity index (χ0v) is 21.9. The Bertz CT molecular complexity index is 1420. The highest BCUT2D eigenvalue weighted by Gasteiger charge is 2.48. The minimum atomic E-state index is -1.73. The molecular formula is C27H28N6O6. The molecule has 12 nitrogen and oxygen atoms in total. The second-order valence-electron chi connectivity index (χ2n) is 9.59. The van der Waals surface area contributed by atoms with Crippen LogP contribution in [0, 0.1) is 11.8 Å². The molecule has 2 aromatic rings. The summed E-state index contributed by atoms with van der Waals surface area (Å²) in [7, 11) is 4.95. The van der Waals surface area contributed by atoms with Crippen LogP contribution in [0.1, 0.15) is 32.1 Å². The number of amides is 5. The molecule has 202 valence electrons. The Balaban J connectivity index is 1.44. The Kier molecular flexibility index (Phi) is 6.84. The third kappa shape index (κ3) is 4.96. The number of nitrogens with zero attached hydrogens (tertiary/aromatic N) is 4. The second-order valence-corrected chi connectivity index (χ2v) is 9.59. The average molecular weight is 533 g/mol. The summed E-state index contributed by atoms with van der Waals surface area (Å²) < 4.78 is 10.6. The largest absolute Gasteiger partial charge is 0.497 e. The van der Waals surface area contributed by atoms with Gasteiger partial charge in [-0.25, -0.2) is 9.78 Å². The fourth-order valence-corrected chi connectivity index (χ4v) is 4.77. The Morgan fingerprint density at radius 1 is 1.08 bits per heavy atom. The molecule has 2 fully saturated rings. The van der Waals surface area contributed by atoms with E-state index in [1.165, 1.54) is 19.1 Å². The Morgan fingerprint density at radius 3 is 2.51 bits per heavy atom. The van der Waals surface area contributed by atoms with E-state index >= 15 is 0 Å². The number of piperazine rings is 1. The van der Waals surface area contributed by atoms with E-state index in [0.717, 1.165) is 18.7 Å². The highest BCUT2D eigenvalue weighted by molar-refractivity contribution is 6.10. The molecule has 0 spiro atoms. The van der Waals surface area contributed by atoms with Crippen LogP contribution in [0.25, 0.3) is 0 Å². The van der Waals surface area contributed by atoms with Crippen molar-refractivity contribution in [2.45, 2.75) is 12.1 Å². The number of nitrogens with one attached hydrogen (secondary N) is 2. The van der Waals surface area contributed by atoms with E-state index in [1.807, 2.05) is 7.05 Å². The molecule has 3 aliphatic rings. The summed E-state index contributed by atoms with van der Waals surface area (Å²) in [5, 5.41) is 4.79. The van der Waals surface area contributed by atoms with Gasteiger partial charge in [0.1, 0.15) is 11.4 Å². The van der Waals surface area contributed by atoms with Gasteiger partial charge in [-0.05, 0) is 42.8 Å². The molecule has 39 heavy (non-hydrogen) atoms. The predicted molar refractivity (Wildman–Crippen MR) is 138 cm³/mol. The zero-order chi connectivity index (χ0) is 27.7. The summed E-state index contributed by atoms with van der Waals surface area (Å²) in [6.07, 6.45) is 0. The molecule has 0 saturated carbocycles. The highest BCUT2D eigenvalue weighted by atomic mass is 16.5. The SMILES string of the molecule is COc1ccc2c(c1)C(=O)N(CC1(C#Cc3nc(C(=O)N4CCN(C)CC4)ccc3OC)NC(=O)NC1=O)C2. The van der Waals surface area contributed by atoms with Crippen LogP contribution >= 0.6 is 0 Å². The fourth-order valence-electron chi connectivity index (χ4n) is 4.77. The first kappa shape index (κ1) is 26.0. The van der Waals surface area contributed by atoms with Gasteiger partial charge in [0.05, 0.1) is 20.8 Å². The Hall–Kier alpha value is -4.63. The number of ether oxygens (including phenoxy) is 2. The van der Waals surface area contributed by atoms with Gasteiger partial charge in [-0.3, -0.25) is 19.7 Å². The average Bonchev–Trinajstić information content (AvgIpc) is 3.40. The van der Waals surface area contributed by atoms with Crippen molar-refractivity contribution < 1.29 is 28.7 Å². The summed E-state index contributed by atoms with van der Waals surface area (Å²) >= 11 is 0. The van der Waals surface area contributed by atoms with Gasteiger partial charge in [-0.15, -0.1) is 0 Å². The van der Waals surface area contributed by atoms with Gasteiger partial charge < -0.3 is 29.5 Å². The molecule has 0 aliphatic carbocycles. The number of benzene rings is 1. The third-order valence-corrected chi connectivity index (χ3v) is 7.05. The van der Waals surface area contributed by atoms with Crippen molar-refractivity contribution in [2.24, 2.45) is 0 Å². The maximum Gasteiger partial charge on any atom is 0.323 e. The molecule has 12 heteroatoms. The minimum Gasteiger partial charge on any atom is -0.497 e. The fraction of sp³-hybridized carbons (Fsp3) is 0.370. The molecular weight excluding hydrogens is 504 g/mol. The monoisotopic (exact) mass is 532 g/mol. The molecule has 2 saturated heterocycles. The zero-order valence-electron chi connectivity index (χ0n) is 21.9. The van der Waals surface area contributed by atoms with E-state index in [2.05, 4.69) is 32.4 Å². The van der Waals surface area contributed by atoms with Crippen molar-refractivity contribution in [2.75, 3.05) is 54.0 Å². The Labute approximate surface area is 225 Å². The number of methoxy groups -OCH3 is 2. The minimum absolute atomic E-state index is 0.131. The third-order valence-electron chi connectivity index (χ3n) is 7.05. The number of carbonyl (C=O) groups is 4. The smallest absolute Gasteiger partial charge is 0.323 e. The number of aromatic nitrogens is 1. The first-order valence-electron chi connectivity index (χ1n) is 12.4. The maximum atomic E-state index is 13.1. The first-order chi connectivity index (χ1) is 18.7. The summed E-state index contributed by atoms with van der Waals surface area (Å²) in [6.45, 7) is 2.72. The number of rotatable bonds is 5. The van der Waals surface area contributed by atoms with E-state index in [9.17, 15) is 19.2 Å². The second kappa shape index (κ2) is 10.3. The lowest BCUT2D eigenvalue weighted by Gasteiger charge is -2.32. The van der Waals surface area contributed by atoms with Crippen molar-refractivity contribution in [3.8, 4) is 23.3 Å². The number of hydrogen-bond donors (Lipinski definition) is 2. The van der Waals surface area contributed by atoms with Gasteiger partial charge in [-0.1, -0.05) is 12.0 Å². The lowest BCUT2D eigenvalue weighted by molar-refractivity contribution is -0.122. The van der Waals surface area contributed by atoms with Crippen molar-refractivity contribution in [1.82, 2.24) is 30.3 Å². The lowest BCUT2D eigenvalue weighted by atomic mass is 9.99. The van der Waals surface area contributed by atoms with E-state index < -0.39 is 17.5 Å². The highest BCUT2D eigenvalue weighted by Crippen LogP contribution is 2.28. The van der Waals surface area contributed by atoms with E-state index in [0.29, 0.717) is 30.2 Å². The molecule has 1 aromatic carbocycles. The number of likely N-dealkylation sites (N-methyl/N-ethyl adjacent to an activating group) is 1. The maximum absolute atomic E-state index is 13.1. The molecule has 5 amide bonds. The number of carbonyl (C=O) groups excluding carboxylic acids is 4. The predicted octanol–water partition coefficient (Wildman–Crippen LogP) is 0.0721. The molecule has 1 aromatic heterocycles. The van der Waals surface area contributed by atoms with Crippen molar-refractivity contribution in [1.29, 1.82) is 0 Å². The number of pyridine rings is 1. The summed E-state index contributed by atoms with van der Waals surface area (Å²) in [4.78, 5) is 61.1. The van der Waals surface area contributed by atoms with Crippen LogP contribution in [-0.4, -0.2) is 103 Å². The summed E-state index contributed by atoms with van der Waals surface area (Å²) in [5.74, 6) is 5.27. The molecule has 0 radical (unpaired) electrons. The van der Waals surface area contributed by atoms with Gasteiger partial charge in [0.25, 0.3) is 17.7 Å². The van der Waals surface area contributed by atoms with Crippen molar-refractivity contribution in [3.63, 3.8) is 0 Å². The standard InChI is InChI=1S/C27H28N6O6/c1-31-10-12-32(13-11-31)24(35)21-6-7-22(39-3)20(28-21)8-9-27(25(36)29-26(37)30-27)16-33-15-17-4-5-18(38-2)14-19(17)23(33)34/h4-7,14H,10-13,15-16H2,1-3H3,(H2,29,30,36,37). The van der Waals surface area contributed by atoms with Gasteiger partial charge >= 0.3 is 6.03 Å². The van der Waals surface area contributed by atoms with Gasteiger partial charge in [0, 0.05) is 38.3 Å². The first-order valence-corrected chi connectivity index (χ1v) is 12.4. The summed E-state index contributed by atoms with van der Waals surface area (Å²) in [6, 6.07) is 7.62. The lowest BCUT2D eigenvalue weighted by Crippen LogP contribution is -2.54.